The van der Waals surface area contributed by atoms with Crippen LogP contribution in [0.2, 0.25) is 0 Å². The van der Waals surface area contributed by atoms with Crippen LogP contribution in [0.15, 0.2) is 11.4 Å². The normalized spacial score (nSPS) is 27.0. The molecule has 1 aromatic heterocycles. The number of hydrogen-bond donors (Lipinski definition) is 2. The maximum atomic E-state index is 9.93. The van der Waals surface area contributed by atoms with Gasteiger partial charge in [-0.25, -0.2) is 0 Å². The highest BCUT2D eigenvalue weighted by Gasteiger charge is 2.23. The molecule has 1 aromatic rings. The predicted molar refractivity (Wildman–Crippen MR) is 73.4 cm³/mol. The van der Waals surface area contributed by atoms with Crippen molar-refractivity contribution in [3.8, 4) is 0 Å². The molecule has 0 radical (unpaired) electrons. The van der Waals surface area contributed by atoms with Gasteiger partial charge in [0.15, 0.2) is 0 Å². The summed E-state index contributed by atoms with van der Waals surface area (Å²) >= 11 is 1.82. The van der Waals surface area contributed by atoms with Crippen LogP contribution >= 0.6 is 11.3 Å². The lowest BCUT2D eigenvalue weighted by atomic mass is 9.86. The number of rotatable bonds is 4. The van der Waals surface area contributed by atoms with Gasteiger partial charge in [0.25, 0.3) is 0 Å². The van der Waals surface area contributed by atoms with Crippen molar-refractivity contribution in [2.24, 2.45) is 5.92 Å². The van der Waals surface area contributed by atoms with Crippen LogP contribution in [-0.4, -0.2) is 17.8 Å². The highest BCUT2D eigenvalue weighted by molar-refractivity contribution is 7.10. The first-order valence-corrected chi connectivity index (χ1v) is 7.52. The van der Waals surface area contributed by atoms with Gasteiger partial charge in [-0.3, -0.25) is 0 Å². The maximum absolute atomic E-state index is 9.93. The van der Waals surface area contributed by atoms with E-state index in [0.29, 0.717) is 12.0 Å². The van der Waals surface area contributed by atoms with Crippen molar-refractivity contribution in [3.63, 3.8) is 0 Å². The number of aliphatic hydroxyl groups is 1. The van der Waals surface area contributed by atoms with Crippen LogP contribution in [0, 0.1) is 12.8 Å². The second-order valence-corrected chi connectivity index (χ2v) is 6.16. The summed E-state index contributed by atoms with van der Waals surface area (Å²) < 4.78 is 0. The molecule has 0 bridgehead atoms. The second kappa shape index (κ2) is 5.98. The Balaban J connectivity index is 1.83. The second-order valence-electron chi connectivity index (χ2n) is 5.21. The van der Waals surface area contributed by atoms with Gasteiger partial charge < -0.3 is 10.4 Å². The van der Waals surface area contributed by atoms with Crippen LogP contribution in [0.1, 0.15) is 49.1 Å². The number of nitrogens with one attached hydrogen (secondary N) is 1. The van der Waals surface area contributed by atoms with Crippen molar-refractivity contribution < 1.29 is 5.11 Å². The van der Waals surface area contributed by atoms with Gasteiger partial charge in [0.2, 0.25) is 0 Å². The number of aryl methyl sites for hydroxylation is 1. The summed E-state index contributed by atoms with van der Waals surface area (Å²) in [6, 6.07) is 2.58. The SMILES string of the molecule is Cc1ccsc1C(C)NCC1CCCCC1O. The Morgan fingerprint density at radius 2 is 2.24 bits per heavy atom. The van der Waals surface area contributed by atoms with E-state index >= 15 is 0 Å². The van der Waals surface area contributed by atoms with Gasteiger partial charge in [0, 0.05) is 17.5 Å². The van der Waals surface area contributed by atoms with Gasteiger partial charge in [-0.15, -0.1) is 11.3 Å². The molecule has 1 fully saturated rings. The zero-order valence-electron chi connectivity index (χ0n) is 10.8. The molecule has 17 heavy (non-hydrogen) atoms. The maximum Gasteiger partial charge on any atom is 0.0580 e. The fourth-order valence-electron chi connectivity index (χ4n) is 2.68. The summed E-state index contributed by atoms with van der Waals surface area (Å²) in [7, 11) is 0. The molecule has 1 saturated carbocycles. The first-order valence-electron chi connectivity index (χ1n) is 6.64. The van der Waals surface area contributed by atoms with Crippen molar-refractivity contribution in [2.75, 3.05) is 6.54 Å². The highest BCUT2D eigenvalue weighted by Crippen LogP contribution is 2.26. The van der Waals surface area contributed by atoms with Crippen molar-refractivity contribution >= 4 is 11.3 Å². The minimum absolute atomic E-state index is 0.0899. The summed E-state index contributed by atoms with van der Waals surface area (Å²) in [5.74, 6) is 0.450. The molecule has 0 aromatic carbocycles. The molecule has 3 heteroatoms. The van der Waals surface area contributed by atoms with Crippen molar-refractivity contribution in [1.29, 1.82) is 0 Å². The molecule has 1 aliphatic carbocycles. The van der Waals surface area contributed by atoms with Gasteiger partial charge in [0.05, 0.1) is 6.10 Å². The van der Waals surface area contributed by atoms with Crippen LogP contribution in [0.5, 0.6) is 0 Å². The van der Waals surface area contributed by atoms with E-state index < -0.39 is 0 Å². The third-order valence-electron chi connectivity index (χ3n) is 3.85. The Morgan fingerprint density at radius 1 is 1.47 bits per heavy atom. The topological polar surface area (TPSA) is 32.3 Å². The molecule has 2 rings (SSSR count). The molecule has 1 heterocycles. The zero-order valence-corrected chi connectivity index (χ0v) is 11.6. The molecule has 1 aliphatic rings. The van der Waals surface area contributed by atoms with Gasteiger partial charge >= 0.3 is 0 Å². The van der Waals surface area contributed by atoms with Crippen molar-refractivity contribution in [3.05, 3.63) is 21.9 Å². The Kier molecular flexibility index (Phi) is 4.60. The Labute approximate surface area is 108 Å². The molecule has 0 aliphatic heterocycles. The molecule has 2 N–H and O–H groups in total. The van der Waals surface area contributed by atoms with Crippen LogP contribution in [0.25, 0.3) is 0 Å². The van der Waals surface area contributed by atoms with E-state index in [0.717, 1.165) is 13.0 Å². The average Bonchev–Trinajstić information content (AvgIpc) is 2.74. The molecule has 2 nitrogen and oxygen atoms in total. The standard InChI is InChI=1S/C14H23NOS/c1-10-7-8-17-14(10)11(2)15-9-12-5-3-4-6-13(12)16/h7-8,11-13,15-16H,3-6,9H2,1-2H3. The van der Waals surface area contributed by atoms with E-state index in [1.54, 1.807) is 0 Å². The van der Waals surface area contributed by atoms with E-state index in [2.05, 4.69) is 30.6 Å². The van der Waals surface area contributed by atoms with Crippen LogP contribution in [-0.2, 0) is 0 Å². The molecule has 0 amide bonds. The lowest BCUT2D eigenvalue weighted by Gasteiger charge is -2.29. The highest BCUT2D eigenvalue weighted by atomic mass is 32.1. The van der Waals surface area contributed by atoms with E-state index in [-0.39, 0.29) is 6.10 Å². The fraction of sp³-hybridized carbons (Fsp3) is 0.714. The third-order valence-corrected chi connectivity index (χ3v) is 5.05. The summed E-state index contributed by atoms with van der Waals surface area (Å²) in [6.07, 6.45) is 4.53. The van der Waals surface area contributed by atoms with Crippen LogP contribution < -0.4 is 5.32 Å². The summed E-state index contributed by atoms with van der Waals surface area (Å²) in [5, 5.41) is 15.7. The minimum Gasteiger partial charge on any atom is -0.393 e. The summed E-state index contributed by atoms with van der Waals surface area (Å²) in [5.41, 5.74) is 1.37. The average molecular weight is 253 g/mol. The van der Waals surface area contributed by atoms with Gasteiger partial charge in [-0.1, -0.05) is 12.8 Å². The monoisotopic (exact) mass is 253 g/mol. The van der Waals surface area contributed by atoms with E-state index in [4.69, 9.17) is 0 Å². The number of hydrogen-bond acceptors (Lipinski definition) is 3. The van der Waals surface area contributed by atoms with Gasteiger partial charge in [-0.05, 0) is 49.6 Å². The largest absolute Gasteiger partial charge is 0.393 e. The minimum atomic E-state index is -0.0899. The lowest BCUT2D eigenvalue weighted by molar-refractivity contribution is 0.0684. The Hall–Kier alpha value is -0.380. The number of aliphatic hydroxyl groups excluding tert-OH is 1. The summed E-state index contributed by atoms with van der Waals surface area (Å²) in [6.45, 7) is 5.33. The smallest absolute Gasteiger partial charge is 0.0580 e. The van der Waals surface area contributed by atoms with E-state index in [1.165, 1.54) is 29.7 Å². The molecule has 0 spiro atoms. The molecular weight excluding hydrogens is 230 g/mol. The molecule has 96 valence electrons. The van der Waals surface area contributed by atoms with E-state index in [1.807, 2.05) is 11.3 Å². The van der Waals surface area contributed by atoms with Crippen LogP contribution in [0.4, 0.5) is 0 Å². The van der Waals surface area contributed by atoms with Crippen molar-refractivity contribution in [2.45, 2.75) is 51.7 Å². The van der Waals surface area contributed by atoms with E-state index in [9.17, 15) is 5.11 Å². The Bertz CT molecular complexity index is 350. The van der Waals surface area contributed by atoms with Crippen LogP contribution in [0.3, 0.4) is 0 Å². The molecule has 0 saturated heterocycles. The predicted octanol–water partition coefficient (Wildman–Crippen LogP) is 3.26. The fourth-order valence-corrected chi connectivity index (χ4v) is 3.64. The quantitative estimate of drug-likeness (QED) is 0.863. The molecule has 3 unspecified atom stereocenters. The Morgan fingerprint density at radius 3 is 2.88 bits per heavy atom. The lowest BCUT2D eigenvalue weighted by Crippen LogP contribution is -2.34. The first-order chi connectivity index (χ1) is 8.18. The molecular formula is C14H23NOS. The molecule has 3 atom stereocenters. The van der Waals surface area contributed by atoms with Gasteiger partial charge in [0.1, 0.15) is 0 Å². The first kappa shape index (κ1) is 13.1. The third kappa shape index (κ3) is 3.30. The number of thiophene rings is 1. The summed E-state index contributed by atoms with van der Waals surface area (Å²) in [4.78, 5) is 1.43. The van der Waals surface area contributed by atoms with Gasteiger partial charge in [-0.2, -0.15) is 0 Å². The van der Waals surface area contributed by atoms with Crippen molar-refractivity contribution in [1.82, 2.24) is 5.32 Å². The zero-order chi connectivity index (χ0) is 12.3.